The third kappa shape index (κ3) is 2.08. The molecule has 0 aliphatic heterocycles. The molecule has 2 heterocycles. The zero-order chi connectivity index (χ0) is 13.4. The van der Waals surface area contributed by atoms with Crippen molar-refractivity contribution in [3.8, 4) is 11.3 Å². The van der Waals surface area contributed by atoms with Gasteiger partial charge in [0.25, 0.3) is 0 Å². The topological polar surface area (TPSA) is 106 Å². The number of nitrogens with one attached hydrogen (secondary N) is 1. The summed E-state index contributed by atoms with van der Waals surface area (Å²) in [5.74, 6) is 0.764. The lowest BCUT2D eigenvalue weighted by Crippen LogP contribution is -1.97. The monoisotopic (exact) mass is 272 g/mol. The van der Waals surface area contributed by atoms with Gasteiger partial charge in [0.05, 0.1) is 11.2 Å². The van der Waals surface area contributed by atoms with Crippen molar-refractivity contribution in [2.45, 2.75) is 5.03 Å². The van der Waals surface area contributed by atoms with E-state index in [2.05, 4.69) is 20.2 Å². The average Bonchev–Trinajstić information content (AvgIpc) is 2.79. The summed E-state index contributed by atoms with van der Waals surface area (Å²) in [4.78, 5) is 8.39. The van der Waals surface area contributed by atoms with E-state index >= 15 is 0 Å². The van der Waals surface area contributed by atoms with Crippen molar-refractivity contribution >= 4 is 34.4 Å². The van der Waals surface area contributed by atoms with Crippen molar-refractivity contribution in [3.63, 3.8) is 0 Å². The first-order valence-electron chi connectivity index (χ1n) is 5.60. The van der Waals surface area contributed by atoms with Crippen molar-refractivity contribution < 1.29 is 0 Å². The van der Waals surface area contributed by atoms with Crippen LogP contribution in [-0.2, 0) is 0 Å². The lowest BCUT2D eigenvalue weighted by atomic mass is 10.1. The van der Waals surface area contributed by atoms with Crippen molar-refractivity contribution in [1.82, 2.24) is 20.2 Å². The van der Waals surface area contributed by atoms with Gasteiger partial charge in [-0.25, -0.2) is 9.97 Å². The Labute approximate surface area is 113 Å². The summed E-state index contributed by atoms with van der Waals surface area (Å²) >= 11 is 1.53. The number of aromatic nitrogens is 4. The predicted molar refractivity (Wildman–Crippen MR) is 77.7 cm³/mol. The molecular formula is C12H12N6S. The van der Waals surface area contributed by atoms with Gasteiger partial charge >= 0.3 is 0 Å². The molecule has 96 valence electrons. The molecule has 0 amide bonds. The molecule has 0 bridgehead atoms. The predicted octanol–water partition coefficient (Wildman–Crippen LogP) is 1.91. The van der Waals surface area contributed by atoms with E-state index in [9.17, 15) is 0 Å². The van der Waals surface area contributed by atoms with E-state index in [4.69, 9.17) is 11.5 Å². The molecule has 0 unspecified atom stereocenters. The third-order valence-corrected chi connectivity index (χ3v) is 3.44. The second kappa shape index (κ2) is 4.43. The Bertz CT molecular complexity index is 751. The quantitative estimate of drug-likeness (QED) is 0.486. The summed E-state index contributed by atoms with van der Waals surface area (Å²) < 4.78 is 0. The number of benzene rings is 1. The Morgan fingerprint density at radius 2 is 2.00 bits per heavy atom. The smallest absolute Gasteiger partial charge is 0.221 e. The van der Waals surface area contributed by atoms with Crippen molar-refractivity contribution in [3.05, 3.63) is 24.3 Å². The van der Waals surface area contributed by atoms with E-state index in [0.29, 0.717) is 5.82 Å². The lowest BCUT2D eigenvalue weighted by molar-refractivity contribution is 1.07. The molecular weight excluding hydrogens is 260 g/mol. The van der Waals surface area contributed by atoms with Gasteiger partial charge in [-0.3, -0.25) is 5.10 Å². The number of aromatic amines is 1. The van der Waals surface area contributed by atoms with Gasteiger partial charge in [-0.2, -0.15) is 5.10 Å². The van der Waals surface area contributed by atoms with Gasteiger partial charge in [0.2, 0.25) is 5.95 Å². The van der Waals surface area contributed by atoms with E-state index in [0.717, 1.165) is 27.2 Å². The van der Waals surface area contributed by atoms with E-state index in [-0.39, 0.29) is 5.95 Å². The van der Waals surface area contributed by atoms with Crippen molar-refractivity contribution in [2.24, 2.45) is 0 Å². The molecule has 2 aromatic heterocycles. The van der Waals surface area contributed by atoms with Gasteiger partial charge in [0.15, 0.2) is 5.82 Å². The summed E-state index contributed by atoms with van der Waals surface area (Å²) in [7, 11) is 0. The van der Waals surface area contributed by atoms with Crippen LogP contribution in [0.4, 0.5) is 11.8 Å². The molecule has 0 atom stereocenters. The van der Waals surface area contributed by atoms with Crippen LogP contribution in [0.2, 0.25) is 0 Å². The molecule has 0 fully saturated rings. The minimum atomic E-state index is 0.270. The summed E-state index contributed by atoms with van der Waals surface area (Å²) in [5, 5.41) is 8.60. The summed E-state index contributed by atoms with van der Waals surface area (Å²) in [6.07, 6.45) is 1.95. The molecule has 0 radical (unpaired) electrons. The molecule has 6 nitrogen and oxygen atoms in total. The molecule has 3 rings (SSSR count). The maximum absolute atomic E-state index is 5.74. The van der Waals surface area contributed by atoms with Gasteiger partial charge in [-0.15, -0.1) is 11.8 Å². The highest BCUT2D eigenvalue weighted by molar-refractivity contribution is 7.98. The minimum Gasteiger partial charge on any atom is -0.382 e. The summed E-state index contributed by atoms with van der Waals surface area (Å²) in [5.41, 5.74) is 14.1. The number of hydrogen-bond donors (Lipinski definition) is 3. The largest absolute Gasteiger partial charge is 0.382 e. The maximum Gasteiger partial charge on any atom is 0.221 e. The maximum atomic E-state index is 5.74. The average molecular weight is 272 g/mol. The molecule has 0 aliphatic rings. The van der Waals surface area contributed by atoms with Crippen LogP contribution >= 0.6 is 11.8 Å². The first-order valence-corrected chi connectivity index (χ1v) is 6.82. The van der Waals surface area contributed by atoms with Crippen LogP contribution in [0, 0.1) is 0 Å². The molecule has 0 saturated carbocycles. The van der Waals surface area contributed by atoms with E-state index in [1.54, 1.807) is 0 Å². The van der Waals surface area contributed by atoms with E-state index in [1.165, 1.54) is 11.8 Å². The third-order valence-electron chi connectivity index (χ3n) is 2.82. The number of nitrogens with two attached hydrogens (primary N) is 2. The van der Waals surface area contributed by atoms with Gasteiger partial charge in [-0.05, 0) is 24.5 Å². The van der Waals surface area contributed by atoms with E-state index in [1.807, 2.05) is 30.5 Å². The van der Waals surface area contributed by atoms with Gasteiger partial charge in [0, 0.05) is 10.9 Å². The number of thioether (sulfide) groups is 1. The number of nitrogens with zero attached hydrogens (tertiary/aromatic N) is 3. The van der Waals surface area contributed by atoms with Gasteiger partial charge < -0.3 is 11.5 Å². The van der Waals surface area contributed by atoms with Crippen LogP contribution in [0.1, 0.15) is 0 Å². The molecule has 0 aliphatic carbocycles. The highest BCUT2D eigenvalue weighted by Crippen LogP contribution is 2.26. The lowest BCUT2D eigenvalue weighted by Gasteiger charge is -2.04. The Balaban J connectivity index is 2.15. The number of anilines is 2. The SMILES string of the molecule is CSc1cc(-c2ccc3c(N)n[nH]c3c2)nc(N)n1. The zero-order valence-corrected chi connectivity index (χ0v) is 11.0. The fraction of sp³-hybridized carbons (Fsp3) is 0.0833. The standard InChI is InChI=1S/C12H12N6S/c1-19-10-5-8(15-12(14)16-10)6-2-3-7-9(4-6)17-18-11(7)13/h2-5H,1H3,(H3,13,17,18)(H2,14,15,16). The van der Waals surface area contributed by atoms with E-state index < -0.39 is 0 Å². The number of hydrogen-bond acceptors (Lipinski definition) is 6. The molecule has 7 heteroatoms. The Morgan fingerprint density at radius 1 is 1.16 bits per heavy atom. The molecule has 19 heavy (non-hydrogen) atoms. The highest BCUT2D eigenvalue weighted by Gasteiger charge is 2.07. The fourth-order valence-corrected chi connectivity index (χ4v) is 2.31. The van der Waals surface area contributed by atoms with Crippen LogP contribution < -0.4 is 11.5 Å². The van der Waals surface area contributed by atoms with Crippen LogP contribution in [-0.4, -0.2) is 26.4 Å². The zero-order valence-electron chi connectivity index (χ0n) is 10.2. The van der Waals surface area contributed by atoms with Gasteiger partial charge in [-0.1, -0.05) is 6.07 Å². The summed E-state index contributed by atoms with van der Waals surface area (Å²) in [6.45, 7) is 0. The molecule has 5 N–H and O–H groups in total. The van der Waals surface area contributed by atoms with Crippen molar-refractivity contribution in [1.29, 1.82) is 0 Å². The summed E-state index contributed by atoms with van der Waals surface area (Å²) in [6, 6.07) is 7.72. The molecule has 1 aromatic carbocycles. The second-order valence-corrected chi connectivity index (χ2v) is 4.85. The van der Waals surface area contributed by atoms with Crippen LogP contribution in [0.15, 0.2) is 29.3 Å². The van der Waals surface area contributed by atoms with Crippen LogP contribution in [0.3, 0.4) is 0 Å². The fourth-order valence-electron chi connectivity index (χ4n) is 1.90. The highest BCUT2D eigenvalue weighted by atomic mass is 32.2. The Morgan fingerprint density at radius 3 is 2.79 bits per heavy atom. The molecule has 0 spiro atoms. The number of rotatable bonds is 2. The molecule has 3 aromatic rings. The number of H-pyrrole nitrogens is 1. The van der Waals surface area contributed by atoms with Crippen LogP contribution in [0.5, 0.6) is 0 Å². The Kier molecular flexibility index (Phi) is 2.75. The first kappa shape index (κ1) is 11.8. The normalized spacial score (nSPS) is 11.0. The van der Waals surface area contributed by atoms with Crippen molar-refractivity contribution in [2.75, 3.05) is 17.7 Å². The molecule has 0 saturated heterocycles. The number of fused-ring (bicyclic) bond motifs is 1. The minimum absolute atomic E-state index is 0.270. The first-order chi connectivity index (χ1) is 9.17. The second-order valence-electron chi connectivity index (χ2n) is 4.02. The number of nitrogen functional groups attached to an aromatic ring is 2. The Hall–Kier alpha value is -2.28. The van der Waals surface area contributed by atoms with Gasteiger partial charge in [0.1, 0.15) is 5.03 Å². The van der Waals surface area contributed by atoms with Crippen LogP contribution in [0.25, 0.3) is 22.2 Å².